The monoisotopic (exact) mass is 696 g/mol. The fourth-order valence-corrected chi connectivity index (χ4v) is 8.26. The second-order valence-electron chi connectivity index (χ2n) is 12.9. The molecule has 11 heteroatoms. The number of piperidine rings is 1. The Morgan fingerprint density at radius 3 is 2.49 bits per heavy atom. The lowest BCUT2D eigenvalue weighted by Crippen LogP contribution is -2.53. The average molecular weight is 697 g/mol. The fourth-order valence-electron chi connectivity index (χ4n) is 6.62. The van der Waals surface area contributed by atoms with Crippen LogP contribution in [-0.2, 0) is 42.2 Å². The first-order valence-electron chi connectivity index (χ1n) is 17.3. The van der Waals surface area contributed by atoms with Gasteiger partial charge in [0.25, 0.3) is 0 Å². The minimum absolute atomic E-state index is 0.0281. The molecule has 2 aliphatic heterocycles. The Labute approximate surface area is 291 Å². The summed E-state index contributed by atoms with van der Waals surface area (Å²) in [7, 11) is -2.17. The second kappa shape index (κ2) is 17.8. The minimum atomic E-state index is -3.89. The number of hydrogen-bond donors (Lipinski definition) is 1. The molecule has 4 atom stereocenters. The summed E-state index contributed by atoms with van der Waals surface area (Å²) in [5.74, 6) is 0.710. The quantitative estimate of drug-likeness (QED) is 0.188. The van der Waals surface area contributed by atoms with Crippen molar-refractivity contribution < 1.29 is 37.2 Å². The molecule has 0 aromatic heterocycles. The molecule has 0 bridgehead atoms. The first-order valence-corrected chi connectivity index (χ1v) is 18.8. The van der Waals surface area contributed by atoms with E-state index in [0.29, 0.717) is 46.1 Å². The van der Waals surface area contributed by atoms with Gasteiger partial charge >= 0.3 is 0 Å². The van der Waals surface area contributed by atoms with Crippen LogP contribution in [0.5, 0.6) is 5.75 Å². The zero-order valence-corrected chi connectivity index (χ0v) is 30.1. The van der Waals surface area contributed by atoms with Gasteiger partial charge in [-0.15, -0.1) is 0 Å². The normalized spacial score (nSPS) is 20.5. The highest BCUT2D eigenvalue weighted by Crippen LogP contribution is 2.38. The van der Waals surface area contributed by atoms with E-state index in [9.17, 15) is 13.5 Å². The smallest absolute Gasteiger partial charge is 0.243 e. The minimum Gasteiger partial charge on any atom is -0.490 e. The number of hydrogen-bond acceptors (Lipinski definition) is 9. The number of benzene rings is 3. The Bertz CT molecular complexity index is 1570. The number of nitrogens with zero attached hydrogens (tertiary/aromatic N) is 2. The van der Waals surface area contributed by atoms with Crippen LogP contribution in [0, 0.1) is 6.92 Å². The average Bonchev–Trinajstić information content (AvgIpc) is 3.11. The number of aliphatic hydroxyl groups is 1. The van der Waals surface area contributed by atoms with Gasteiger partial charge in [-0.25, -0.2) is 8.42 Å². The number of sulfonamides is 1. The van der Waals surface area contributed by atoms with Gasteiger partial charge in [0.1, 0.15) is 12.4 Å². The number of aryl methyl sites for hydroxylation is 1. The summed E-state index contributed by atoms with van der Waals surface area (Å²) < 4.78 is 58.7. The van der Waals surface area contributed by atoms with E-state index < -0.39 is 22.2 Å². The van der Waals surface area contributed by atoms with Crippen molar-refractivity contribution in [1.29, 1.82) is 0 Å². The van der Waals surface area contributed by atoms with Gasteiger partial charge in [0, 0.05) is 45.4 Å². The fraction of sp³-hybridized carbons (Fsp3) is 0.526. The van der Waals surface area contributed by atoms with E-state index in [1.54, 1.807) is 31.4 Å². The lowest BCUT2D eigenvalue weighted by atomic mass is 9.84. The molecule has 1 fully saturated rings. The Balaban J connectivity index is 1.37. The van der Waals surface area contributed by atoms with Crippen molar-refractivity contribution in [2.75, 3.05) is 64.7 Å². The van der Waals surface area contributed by atoms with E-state index in [-0.39, 0.29) is 30.1 Å². The van der Waals surface area contributed by atoms with Crippen LogP contribution in [0.15, 0.2) is 71.6 Å². The summed E-state index contributed by atoms with van der Waals surface area (Å²) in [4.78, 5) is 2.52. The highest BCUT2D eigenvalue weighted by molar-refractivity contribution is 7.89. The molecule has 0 saturated carbocycles. The maximum absolute atomic E-state index is 14.0. The van der Waals surface area contributed by atoms with Gasteiger partial charge in [-0.1, -0.05) is 48.0 Å². The highest BCUT2D eigenvalue weighted by Gasteiger charge is 2.42. The molecule has 5 rings (SSSR count). The molecule has 1 saturated heterocycles. The highest BCUT2D eigenvalue weighted by atomic mass is 32.2. The largest absolute Gasteiger partial charge is 0.490 e. The zero-order valence-electron chi connectivity index (χ0n) is 29.3. The molecule has 0 aliphatic carbocycles. The van der Waals surface area contributed by atoms with Gasteiger partial charge in [0.15, 0.2) is 0 Å². The summed E-state index contributed by atoms with van der Waals surface area (Å²) in [6, 6.07) is 20.6. The molecule has 3 aromatic rings. The van der Waals surface area contributed by atoms with Gasteiger partial charge in [-0.3, -0.25) is 0 Å². The van der Waals surface area contributed by atoms with E-state index in [0.717, 1.165) is 53.2 Å². The molecule has 0 radical (unpaired) electrons. The summed E-state index contributed by atoms with van der Waals surface area (Å²) >= 11 is 0. The summed E-state index contributed by atoms with van der Waals surface area (Å²) in [5, 5.41) is 10.5. The van der Waals surface area contributed by atoms with Crippen LogP contribution < -0.4 is 9.64 Å². The molecule has 1 unspecified atom stereocenters. The van der Waals surface area contributed by atoms with Gasteiger partial charge in [-0.05, 0) is 74.6 Å². The lowest BCUT2D eigenvalue weighted by Gasteiger charge is -2.42. The van der Waals surface area contributed by atoms with Gasteiger partial charge in [0.05, 0.1) is 55.8 Å². The van der Waals surface area contributed by atoms with Crippen LogP contribution in [0.4, 0.5) is 5.69 Å². The SMILES string of the molecule is CCOC(C)COCc1ccc([C@H]2C[C@@H](CO)N(S(=O)(=O)c3ccc(C)cc3)C[C@@H]2OCc2ccc3c(c2)N(CCCOC)CCO3)cc1. The number of anilines is 1. The molecular formula is C38H52N2O8S. The van der Waals surface area contributed by atoms with Crippen molar-refractivity contribution in [1.82, 2.24) is 4.31 Å². The number of ether oxygens (including phenoxy) is 5. The standard InChI is InChI=1S/C38H52N2O8S/c1-5-46-29(3)25-45-26-30-9-12-32(13-10-30)35-22-33(24-41)40(49(42,43)34-14-7-28(2)8-15-34)23-38(35)48-27-31-11-16-37-36(21-31)39(18-20-47-37)17-6-19-44-4/h7-16,21,29,33,35,38,41H,5-6,17-20,22-27H2,1-4H3/t29?,33-,35+,38-/m0/s1. The number of rotatable bonds is 17. The molecular weight excluding hydrogens is 644 g/mol. The number of fused-ring (bicyclic) bond motifs is 1. The topological polar surface area (TPSA) is 107 Å². The van der Waals surface area contributed by atoms with E-state index in [1.807, 2.05) is 45.0 Å². The van der Waals surface area contributed by atoms with Crippen molar-refractivity contribution in [3.63, 3.8) is 0 Å². The van der Waals surface area contributed by atoms with Crippen LogP contribution in [0.25, 0.3) is 0 Å². The summed E-state index contributed by atoms with van der Waals surface area (Å²) in [6.45, 7) is 10.6. The first kappa shape index (κ1) is 37.2. The third kappa shape index (κ3) is 9.61. The van der Waals surface area contributed by atoms with Crippen LogP contribution in [-0.4, -0.2) is 95.9 Å². The van der Waals surface area contributed by atoms with Gasteiger partial charge in [0.2, 0.25) is 10.0 Å². The molecule has 1 N–H and O–H groups in total. The molecule has 268 valence electrons. The molecule has 49 heavy (non-hydrogen) atoms. The van der Waals surface area contributed by atoms with Crippen LogP contribution in [0.1, 0.15) is 54.9 Å². The lowest BCUT2D eigenvalue weighted by molar-refractivity contribution is -0.0268. The van der Waals surface area contributed by atoms with Crippen molar-refractivity contribution >= 4 is 15.7 Å². The molecule has 3 aromatic carbocycles. The van der Waals surface area contributed by atoms with Gasteiger partial charge in [-0.2, -0.15) is 4.31 Å². The van der Waals surface area contributed by atoms with Gasteiger partial charge < -0.3 is 33.7 Å². The molecule has 0 amide bonds. The molecule has 10 nitrogen and oxygen atoms in total. The summed E-state index contributed by atoms with van der Waals surface area (Å²) in [6.07, 6.45) is 0.900. The predicted molar refractivity (Wildman–Crippen MR) is 190 cm³/mol. The number of aliphatic hydroxyl groups excluding tert-OH is 1. The zero-order chi connectivity index (χ0) is 34.8. The molecule has 2 heterocycles. The first-order chi connectivity index (χ1) is 23.7. The Morgan fingerprint density at radius 1 is 1.02 bits per heavy atom. The van der Waals surface area contributed by atoms with Crippen molar-refractivity contribution in [3.05, 3.63) is 89.0 Å². The Kier molecular flexibility index (Phi) is 13.5. The Hall–Kier alpha value is -3.03. The van der Waals surface area contributed by atoms with E-state index in [4.69, 9.17) is 23.7 Å². The van der Waals surface area contributed by atoms with E-state index in [2.05, 4.69) is 23.1 Å². The van der Waals surface area contributed by atoms with E-state index >= 15 is 0 Å². The van der Waals surface area contributed by atoms with Crippen LogP contribution >= 0.6 is 0 Å². The van der Waals surface area contributed by atoms with Crippen molar-refractivity contribution in [2.24, 2.45) is 0 Å². The van der Waals surface area contributed by atoms with Crippen LogP contribution in [0.2, 0.25) is 0 Å². The van der Waals surface area contributed by atoms with Crippen molar-refractivity contribution in [2.45, 2.75) is 75.9 Å². The third-order valence-corrected chi connectivity index (χ3v) is 11.2. The molecule has 2 aliphatic rings. The maximum Gasteiger partial charge on any atom is 0.243 e. The second-order valence-corrected chi connectivity index (χ2v) is 14.8. The summed E-state index contributed by atoms with van der Waals surface area (Å²) in [5.41, 5.74) is 5.05. The third-order valence-electron chi connectivity index (χ3n) is 9.28. The molecule has 0 spiro atoms. The predicted octanol–water partition coefficient (Wildman–Crippen LogP) is 5.30. The maximum atomic E-state index is 14.0. The van der Waals surface area contributed by atoms with E-state index in [1.165, 1.54) is 4.31 Å². The van der Waals surface area contributed by atoms with Crippen molar-refractivity contribution in [3.8, 4) is 5.75 Å². The Morgan fingerprint density at radius 2 is 1.78 bits per heavy atom. The number of methoxy groups -OCH3 is 1. The van der Waals surface area contributed by atoms with Crippen LogP contribution in [0.3, 0.4) is 0 Å².